The first-order chi connectivity index (χ1) is 10.7. The van der Waals surface area contributed by atoms with Gasteiger partial charge >= 0.3 is 0 Å². The standard InChI is InChI=1S/C15H20BF2NO4/c1-15(2)19(14(16)22)11(13(23-15)12(21)7-20)5-8-3-9(17)6-10(18)4-8/h3-4,6,11-13,20-21H,5,7,16H2,1-2H3/t11-,12?,13-/m0/s1. The molecule has 2 N–H and O–H groups in total. The van der Waals surface area contributed by atoms with Crippen molar-refractivity contribution in [3.8, 4) is 0 Å². The molecule has 0 bridgehead atoms. The van der Waals surface area contributed by atoms with Gasteiger partial charge in [0.1, 0.15) is 29.6 Å². The maximum absolute atomic E-state index is 13.4. The molecule has 0 radical (unpaired) electrons. The molecule has 8 heteroatoms. The third kappa shape index (κ3) is 3.71. The van der Waals surface area contributed by atoms with Gasteiger partial charge in [0.2, 0.25) is 7.85 Å². The van der Waals surface area contributed by atoms with Crippen LogP contribution in [-0.2, 0) is 11.2 Å². The van der Waals surface area contributed by atoms with Crippen LogP contribution in [0.1, 0.15) is 19.4 Å². The summed E-state index contributed by atoms with van der Waals surface area (Å²) in [5.41, 5.74) is -0.654. The number of hydrogen-bond donors (Lipinski definition) is 2. The Bertz CT molecular complexity index is 579. The Morgan fingerprint density at radius 1 is 1.39 bits per heavy atom. The number of carbonyl (C=O) groups is 1. The Morgan fingerprint density at radius 3 is 2.43 bits per heavy atom. The quantitative estimate of drug-likeness (QED) is 0.787. The molecule has 1 unspecified atom stereocenters. The van der Waals surface area contributed by atoms with Crippen LogP contribution in [0.4, 0.5) is 13.6 Å². The highest BCUT2D eigenvalue weighted by molar-refractivity contribution is 6.57. The van der Waals surface area contributed by atoms with Crippen LogP contribution in [0, 0.1) is 11.6 Å². The number of aliphatic hydroxyl groups is 2. The minimum absolute atomic E-state index is 0.0966. The number of benzene rings is 1. The van der Waals surface area contributed by atoms with Crippen LogP contribution >= 0.6 is 0 Å². The van der Waals surface area contributed by atoms with Gasteiger partial charge in [0.25, 0.3) is 0 Å². The number of ether oxygens (including phenoxy) is 1. The van der Waals surface area contributed by atoms with Gasteiger partial charge in [-0.1, -0.05) is 0 Å². The van der Waals surface area contributed by atoms with Gasteiger partial charge in [0.15, 0.2) is 5.81 Å². The number of amides is 1. The molecule has 0 aromatic heterocycles. The van der Waals surface area contributed by atoms with E-state index in [4.69, 9.17) is 4.74 Å². The van der Waals surface area contributed by atoms with E-state index < -0.39 is 42.2 Å². The molecule has 0 aliphatic carbocycles. The van der Waals surface area contributed by atoms with E-state index in [1.54, 1.807) is 13.8 Å². The van der Waals surface area contributed by atoms with Gasteiger partial charge in [-0.15, -0.1) is 0 Å². The maximum atomic E-state index is 13.4. The van der Waals surface area contributed by atoms with E-state index >= 15 is 0 Å². The summed E-state index contributed by atoms with van der Waals surface area (Å²) < 4.78 is 32.5. The van der Waals surface area contributed by atoms with Crippen molar-refractivity contribution < 1.29 is 28.5 Å². The molecule has 5 nitrogen and oxygen atoms in total. The number of carbonyl (C=O) groups excluding carboxylic acids is 1. The summed E-state index contributed by atoms with van der Waals surface area (Å²) >= 11 is 0. The molecule has 1 saturated heterocycles. The predicted octanol–water partition coefficient (Wildman–Crippen LogP) is 0.419. The monoisotopic (exact) mass is 327 g/mol. The Kier molecular flexibility index (Phi) is 5.08. The minimum Gasteiger partial charge on any atom is -0.394 e. The molecule has 1 fully saturated rings. The van der Waals surface area contributed by atoms with E-state index in [-0.39, 0.29) is 12.2 Å². The molecule has 0 spiro atoms. The maximum Gasteiger partial charge on any atom is 0.216 e. The topological polar surface area (TPSA) is 70.0 Å². The minimum atomic E-state index is -1.21. The predicted molar refractivity (Wildman–Crippen MR) is 81.7 cm³/mol. The van der Waals surface area contributed by atoms with Crippen LogP contribution in [0.3, 0.4) is 0 Å². The largest absolute Gasteiger partial charge is 0.394 e. The second kappa shape index (κ2) is 6.55. The highest BCUT2D eigenvalue weighted by Crippen LogP contribution is 2.35. The summed E-state index contributed by atoms with van der Waals surface area (Å²) in [4.78, 5) is 13.4. The van der Waals surface area contributed by atoms with Crippen LogP contribution in [0.2, 0.25) is 0 Å². The zero-order valence-corrected chi connectivity index (χ0v) is 13.3. The van der Waals surface area contributed by atoms with Crippen molar-refractivity contribution in [1.82, 2.24) is 4.90 Å². The zero-order chi connectivity index (χ0) is 17.4. The summed E-state index contributed by atoms with van der Waals surface area (Å²) in [6.45, 7) is 2.79. The second-order valence-corrected chi connectivity index (χ2v) is 6.22. The van der Waals surface area contributed by atoms with E-state index in [9.17, 15) is 23.8 Å². The van der Waals surface area contributed by atoms with Crippen molar-refractivity contribution in [1.29, 1.82) is 0 Å². The van der Waals surface area contributed by atoms with E-state index in [2.05, 4.69) is 0 Å². The zero-order valence-electron chi connectivity index (χ0n) is 13.3. The highest BCUT2D eigenvalue weighted by atomic mass is 19.1. The first-order valence-corrected chi connectivity index (χ1v) is 7.37. The van der Waals surface area contributed by atoms with E-state index in [0.717, 1.165) is 6.07 Å². The van der Waals surface area contributed by atoms with Gasteiger partial charge in [0, 0.05) is 6.07 Å². The molecule has 1 aromatic carbocycles. The highest BCUT2D eigenvalue weighted by Gasteiger charge is 2.50. The van der Waals surface area contributed by atoms with E-state index in [1.807, 2.05) is 0 Å². The van der Waals surface area contributed by atoms with Crippen LogP contribution in [0.25, 0.3) is 0 Å². The van der Waals surface area contributed by atoms with Crippen molar-refractivity contribution >= 4 is 13.7 Å². The number of nitrogens with zero attached hydrogens (tertiary/aromatic N) is 1. The summed E-state index contributed by atoms with van der Waals surface area (Å²) in [6, 6.07) is 2.47. The molecule has 1 heterocycles. The van der Waals surface area contributed by atoms with Gasteiger partial charge in [0.05, 0.1) is 12.6 Å². The van der Waals surface area contributed by atoms with E-state index in [1.165, 1.54) is 24.9 Å². The molecule has 3 atom stereocenters. The number of aliphatic hydroxyl groups excluding tert-OH is 2. The van der Waals surface area contributed by atoms with Crippen LogP contribution < -0.4 is 0 Å². The fourth-order valence-corrected chi connectivity index (χ4v) is 3.24. The van der Waals surface area contributed by atoms with Crippen LogP contribution in [0.15, 0.2) is 18.2 Å². The molecule has 1 aliphatic heterocycles. The average Bonchev–Trinajstić information content (AvgIpc) is 2.67. The second-order valence-electron chi connectivity index (χ2n) is 6.22. The molecule has 0 saturated carbocycles. The van der Waals surface area contributed by atoms with Gasteiger partial charge in [-0.3, -0.25) is 4.79 Å². The molecular formula is C15H20BF2NO4. The van der Waals surface area contributed by atoms with Gasteiger partial charge < -0.3 is 19.8 Å². The Labute approximate surface area is 134 Å². The van der Waals surface area contributed by atoms with Gasteiger partial charge in [-0.2, -0.15) is 0 Å². The SMILES string of the molecule is BC(=O)N1[C@@H](Cc2cc(F)cc(F)c2)[C@@H](C(O)CO)OC1(C)C. The molecule has 1 amide bonds. The lowest BCUT2D eigenvalue weighted by Gasteiger charge is -2.33. The Balaban J connectivity index is 2.37. The Hall–Kier alpha value is -1.51. The normalized spacial score (nSPS) is 24.7. The summed E-state index contributed by atoms with van der Waals surface area (Å²) in [5.74, 6) is -1.72. The molecule has 1 aliphatic rings. The van der Waals surface area contributed by atoms with Crippen molar-refractivity contribution in [2.45, 2.75) is 44.2 Å². The van der Waals surface area contributed by atoms with Crippen molar-refractivity contribution in [2.24, 2.45) is 0 Å². The summed E-state index contributed by atoms with van der Waals surface area (Å²) in [5, 5.41) is 19.2. The van der Waals surface area contributed by atoms with Crippen molar-refractivity contribution in [3.63, 3.8) is 0 Å². The molecule has 2 rings (SSSR count). The lowest BCUT2D eigenvalue weighted by atomic mass is 9.94. The third-order valence-electron chi connectivity index (χ3n) is 3.99. The smallest absolute Gasteiger partial charge is 0.216 e. The molecular weight excluding hydrogens is 307 g/mol. The fourth-order valence-electron chi connectivity index (χ4n) is 3.24. The van der Waals surface area contributed by atoms with Crippen molar-refractivity contribution in [3.05, 3.63) is 35.4 Å². The number of rotatable bonds is 4. The van der Waals surface area contributed by atoms with Crippen LogP contribution in [0.5, 0.6) is 0 Å². The lowest BCUT2D eigenvalue weighted by molar-refractivity contribution is -0.102. The molecule has 1 aromatic rings. The van der Waals surface area contributed by atoms with Crippen molar-refractivity contribution in [2.75, 3.05) is 6.61 Å². The van der Waals surface area contributed by atoms with Gasteiger partial charge in [-0.05, 0) is 38.0 Å². The van der Waals surface area contributed by atoms with Crippen LogP contribution in [-0.4, -0.2) is 59.3 Å². The average molecular weight is 327 g/mol. The molecule has 23 heavy (non-hydrogen) atoms. The summed E-state index contributed by atoms with van der Waals surface area (Å²) in [6.07, 6.45) is -1.97. The number of hydrogen-bond acceptors (Lipinski definition) is 4. The Morgan fingerprint density at radius 2 is 1.96 bits per heavy atom. The lowest BCUT2D eigenvalue weighted by Crippen LogP contribution is -2.50. The number of halogens is 2. The first kappa shape index (κ1) is 17.8. The van der Waals surface area contributed by atoms with E-state index in [0.29, 0.717) is 5.56 Å². The van der Waals surface area contributed by atoms with Gasteiger partial charge in [-0.25, -0.2) is 8.78 Å². The fraction of sp³-hybridized carbons (Fsp3) is 0.533. The molecule has 126 valence electrons. The summed E-state index contributed by atoms with van der Waals surface area (Å²) in [7, 11) is 1.36. The first-order valence-electron chi connectivity index (χ1n) is 7.37. The third-order valence-corrected chi connectivity index (χ3v) is 3.99.